The summed E-state index contributed by atoms with van der Waals surface area (Å²) in [6.45, 7) is 3.48. The van der Waals surface area contributed by atoms with E-state index in [2.05, 4.69) is 20.1 Å². The van der Waals surface area contributed by atoms with Crippen LogP contribution in [0.4, 0.5) is 0 Å². The highest BCUT2D eigenvalue weighted by Crippen LogP contribution is 2.31. The van der Waals surface area contributed by atoms with Crippen LogP contribution in [0.25, 0.3) is 0 Å². The Morgan fingerprint density at radius 3 is 3.00 bits per heavy atom. The Hall–Kier alpha value is -0.900. The van der Waals surface area contributed by atoms with Crippen molar-refractivity contribution in [2.24, 2.45) is 11.8 Å². The lowest BCUT2D eigenvalue weighted by Crippen LogP contribution is -2.31. The van der Waals surface area contributed by atoms with Crippen molar-refractivity contribution in [3.05, 3.63) is 12.2 Å². The number of nitrogens with one attached hydrogen (secondary N) is 1. The van der Waals surface area contributed by atoms with E-state index in [4.69, 9.17) is 0 Å². The Bertz CT molecular complexity index is 337. The fourth-order valence-corrected chi connectivity index (χ4v) is 2.52. The molecule has 1 aromatic heterocycles. The Labute approximate surface area is 96.4 Å². The van der Waals surface area contributed by atoms with Gasteiger partial charge in [0.05, 0.1) is 0 Å². The average Bonchev–Trinajstić information content (AvgIpc) is 3.02. The fourth-order valence-electron chi connectivity index (χ4n) is 2.52. The third-order valence-electron chi connectivity index (χ3n) is 3.72. The van der Waals surface area contributed by atoms with Crippen molar-refractivity contribution in [2.75, 3.05) is 13.1 Å². The van der Waals surface area contributed by atoms with Crippen molar-refractivity contribution < 1.29 is 0 Å². The molecule has 1 aromatic rings. The molecule has 16 heavy (non-hydrogen) atoms. The Morgan fingerprint density at radius 2 is 2.25 bits per heavy atom. The SMILES string of the molecule is c1nnc(C[C@@H]2CCCNC2)n1CC1CC1. The summed E-state index contributed by atoms with van der Waals surface area (Å²) in [6, 6.07) is 0. The van der Waals surface area contributed by atoms with Gasteiger partial charge in [0.25, 0.3) is 0 Å². The van der Waals surface area contributed by atoms with Crippen molar-refractivity contribution in [1.82, 2.24) is 20.1 Å². The van der Waals surface area contributed by atoms with Crippen LogP contribution >= 0.6 is 0 Å². The number of hydrogen-bond acceptors (Lipinski definition) is 3. The summed E-state index contributed by atoms with van der Waals surface area (Å²) in [5, 5.41) is 11.8. The molecule has 88 valence electrons. The summed E-state index contributed by atoms with van der Waals surface area (Å²) >= 11 is 0. The smallest absolute Gasteiger partial charge is 0.133 e. The number of hydrogen-bond donors (Lipinski definition) is 1. The molecule has 2 fully saturated rings. The molecule has 0 amide bonds. The topological polar surface area (TPSA) is 42.7 Å². The highest BCUT2D eigenvalue weighted by molar-refractivity contribution is 4.91. The standard InChI is InChI=1S/C12H20N4/c1-2-11(7-13-5-1)6-12-15-14-9-16(12)8-10-3-4-10/h9-11,13H,1-8H2/t11-/m0/s1. The van der Waals surface area contributed by atoms with Crippen LogP contribution in [0.2, 0.25) is 0 Å². The van der Waals surface area contributed by atoms with Gasteiger partial charge in [0.1, 0.15) is 12.2 Å². The molecule has 1 aliphatic heterocycles. The monoisotopic (exact) mass is 220 g/mol. The van der Waals surface area contributed by atoms with E-state index in [0.717, 1.165) is 31.3 Å². The first-order valence-electron chi connectivity index (χ1n) is 6.49. The van der Waals surface area contributed by atoms with Crippen LogP contribution in [-0.4, -0.2) is 27.9 Å². The van der Waals surface area contributed by atoms with Crippen LogP contribution in [-0.2, 0) is 13.0 Å². The normalized spacial score (nSPS) is 25.9. The molecule has 0 radical (unpaired) electrons. The van der Waals surface area contributed by atoms with Gasteiger partial charge in [-0.2, -0.15) is 0 Å². The van der Waals surface area contributed by atoms with E-state index < -0.39 is 0 Å². The van der Waals surface area contributed by atoms with Crippen molar-refractivity contribution in [3.63, 3.8) is 0 Å². The van der Waals surface area contributed by atoms with Crippen molar-refractivity contribution in [1.29, 1.82) is 0 Å². The van der Waals surface area contributed by atoms with Gasteiger partial charge in [-0.05, 0) is 50.6 Å². The Morgan fingerprint density at radius 1 is 1.31 bits per heavy atom. The van der Waals surface area contributed by atoms with Gasteiger partial charge in [-0.15, -0.1) is 10.2 Å². The van der Waals surface area contributed by atoms with Crippen LogP contribution in [0, 0.1) is 11.8 Å². The first-order chi connectivity index (χ1) is 7.92. The van der Waals surface area contributed by atoms with Gasteiger partial charge >= 0.3 is 0 Å². The first-order valence-corrected chi connectivity index (χ1v) is 6.49. The van der Waals surface area contributed by atoms with Gasteiger partial charge in [-0.1, -0.05) is 0 Å². The minimum absolute atomic E-state index is 0.760. The maximum atomic E-state index is 4.28. The number of piperidine rings is 1. The largest absolute Gasteiger partial charge is 0.317 e. The second-order valence-corrected chi connectivity index (χ2v) is 5.26. The second-order valence-electron chi connectivity index (χ2n) is 5.26. The number of nitrogens with zero attached hydrogens (tertiary/aromatic N) is 3. The maximum absolute atomic E-state index is 4.28. The lowest BCUT2D eigenvalue weighted by atomic mass is 9.96. The van der Waals surface area contributed by atoms with Gasteiger partial charge in [0.15, 0.2) is 0 Å². The molecular formula is C12H20N4. The zero-order valence-electron chi connectivity index (χ0n) is 9.73. The molecule has 1 saturated carbocycles. The summed E-state index contributed by atoms with van der Waals surface area (Å²) in [6.07, 6.45) is 8.43. The Kier molecular flexibility index (Phi) is 2.91. The summed E-state index contributed by atoms with van der Waals surface area (Å²) < 4.78 is 2.27. The lowest BCUT2D eigenvalue weighted by molar-refractivity contribution is 0.365. The predicted octanol–water partition coefficient (Wildman–Crippen LogP) is 1.23. The first kappa shape index (κ1) is 10.3. The van der Waals surface area contributed by atoms with E-state index in [1.54, 1.807) is 0 Å². The summed E-state index contributed by atoms with van der Waals surface area (Å²) in [7, 11) is 0. The van der Waals surface area contributed by atoms with E-state index >= 15 is 0 Å². The fraction of sp³-hybridized carbons (Fsp3) is 0.833. The third-order valence-corrected chi connectivity index (χ3v) is 3.72. The van der Waals surface area contributed by atoms with Gasteiger partial charge < -0.3 is 9.88 Å². The minimum atomic E-state index is 0.760. The van der Waals surface area contributed by atoms with Gasteiger partial charge in [-0.25, -0.2) is 0 Å². The lowest BCUT2D eigenvalue weighted by Gasteiger charge is -2.22. The van der Waals surface area contributed by atoms with Crippen molar-refractivity contribution >= 4 is 0 Å². The van der Waals surface area contributed by atoms with Crippen LogP contribution in [0.3, 0.4) is 0 Å². The molecule has 1 atom stereocenters. The maximum Gasteiger partial charge on any atom is 0.133 e. The molecule has 0 spiro atoms. The molecule has 1 saturated heterocycles. The molecule has 1 N–H and O–H groups in total. The summed E-state index contributed by atoms with van der Waals surface area (Å²) in [5.74, 6) is 2.86. The Balaban J connectivity index is 1.61. The molecule has 0 unspecified atom stereocenters. The van der Waals surface area contributed by atoms with Gasteiger partial charge in [-0.3, -0.25) is 0 Å². The summed E-state index contributed by atoms with van der Waals surface area (Å²) in [4.78, 5) is 0. The van der Waals surface area contributed by atoms with Crippen LogP contribution in [0.15, 0.2) is 6.33 Å². The van der Waals surface area contributed by atoms with Crippen LogP contribution in [0.5, 0.6) is 0 Å². The van der Waals surface area contributed by atoms with Crippen molar-refractivity contribution in [3.8, 4) is 0 Å². The van der Waals surface area contributed by atoms with E-state index in [-0.39, 0.29) is 0 Å². The van der Waals surface area contributed by atoms with Crippen LogP contribution < -0.4 is 5.32 Å². The molecule has 3 rings (SSSR count). The molecule has 2 heterocycles. The zero-order chi connectivity index (χ0) is 10.8. The van der Waals surface area contributed by atoms with Gasteiger partial charge in [0.2, 0.25) is 0 Å². The van der Waals surface area contributed by atoms with Gasteiger partial charge in [0, 0.05) is 13.0 Å². The van der Waals surface area contributed by atoms with Crippen LogP contribution in [0.1, 0.15) is 31.5 Å². The highest BCUT2D eigenvalue weighted by Gasteiger charge is 2.24. The highest BCUT2D eigenvalue weighted by atomic mass is 15.3. The number of aromatic nitrogens is 3. The van der Waals surface area contributed by atoms with E-state index in [1.165, 1.54) is 38.1 Å². The summed E-state index contributed by atoms with van der Waals surface area (Å²) in [5.41, 5.74) is 0. The molecular weight excluding hydrogens is 200 g/mol. The average molecular weight is 220 g/mol. The molecule has 0 aromatic carbocycles. The third kappa shape index (κ3) is 2.43. The van der Waals surface area contributed by atoms with E-state index in [0.29, 0.717) is 0 Å². The zero-order valence-corrected chi connectivity index (χ0v) is 9.73. The molecule has 2 aliphatic rings. The van der Waals surface area contributed by atoms with E-state index in [9.17, 15) is 0 Å². The second kappa shape index (κ2) is 4.53. The predicted molar refractivity (Wildman–Crippen MR) is 62.0 cm³/mol. The van der Waals surface area contributed by atoms with E-state index in [1.807, 2.05) is 6.33 Å². The molecule has 0 bridgehead atoms. The molecule has 4 heteroatoms. The quantitative estimate of drug-likeness (QED) is 0.830. The number of rotatable bonds is 4. The molecule has 1 aliphatic carbocycles. The molecule has 4 nitrogen and oxygen atoms in total. The minimum Gasteiger partial charge on any atom is -0.317 e. The van der Waals surface area contributed by atoms with Crippen molar-refractivity contribution in [2.45, 2.75) is 38.6 Å².